The highest BCUT2D eigenvalue weighted by Crippen LogP contribution is 2.45. The Kier molecular flexibility index (Phi) is 8.68. The lowest BCUT2D eigenvalue weighted by Crippen LogP contribution is -2.22. The van der Waals surface area contributed by atoms with Crippen molar-refractivity contribution >= 4 is 19.1 Å². The number of halogens is 3. The van der Waals surface area contributed by atoms with Gasteiger partial charge in [0.15, 0.2) is 11.5 Å². The fourth-order valence-corrected chi connectivity index (χ4v) is 6.00. The maximum atomic E-state index is 13.3. The second-order valence-corrected chi connectivity index (χ2v) is 18.4. The first-order valence-electron chi connectivity index (χ1n) is 15.4. The average molecular weight is 651 g/mol. The van der Waals surface area contributed by atoms with Crippen LogP contribution in [0.4, 0.5) is 13.2 Å². The van der Waals surface area contributed by atoms with E-state index in [1.54, 1.807) is 25.4 Å². The van der Waals surface area contributed by atoms with Crippen LogP contribution in [0.1, 0.15) is 48.3 Å². The molecule has 242 valence electrons. The third-order valence-electron chi connectivity index (χ3n) is 7.85. The van der Waals surface area contributed by atoms with Gasteiger partial charge in [-0.1, -0.05) is 43.9 Å². The molecule has 1 aliphatic rings. The quantitative estimate of drug-likeness (QED) is 0.106. The number of fused-ring (bicyclic) bond motifs is 1. The van der Waals surface area contributed by atoms with Crippen molar-refractivity contribution < 1.29 is 22.6 Å². The molecule has 4 aromatic heterocycles. The number of hydrogen-bond donors (Lipinski definition) is 0. The monoisotopic (exact) mass is 650 g/mol. The van der Waals surface area contributed by atoms with Crippen molar-refractivity contribution in [2.45, 2.75) is 70.7 Å². The van der Waals surface area contributed by atoms with Crippen LogP contribution in [0.3, 0.4) is 0 Å². The Labute approximate surface area is 266 Å². The smallest absolute Gasteiger partial charge is 0.434 e. The topological polar surface area (TPSA) is 106 Å². The molecule has 1 fully saturated rings. The molecule has 1 aliphatic carbocycles. The van der Waals surface area contributed by atoms with Crippen molar-refractivity contribution in [1.82, 2.24) is 39.3 Å². The Morgan fingerprint density at radius 1 is 1.02 bits per heavy atom. The zero-order valence-electron chi connectivity index (χ0n) is 26.6. The summed E-state index contributed by atoms with van der Waals surface area (Å²) in [6, 6.07) is 8.36. The number of aryl methyl sites for hydroxylation is 1. The summed E-state index contributed by atoms with van der Waals surface area (Å²) >= 11 is 0. The van der Waals surface area contributed by atoms with Gasteiger partial charge in [-0.25, -0.2) is 29.6 Å². The van der Waals surface area contributed by atoms with Gasteiger partial charge in [0.2, 0.25) is 5.88 Å². The van der Waals surface area contributed by atoms with Gasteiger partial charge in [-0.15, -0.1) is 0 Å². The van der Waals surface area contributed by atoms with Gasteiger partial charge in [-0.05, 0) is 31.4 Å². The van der Waals surface area contributed by atoms with Gasteiger partial charge < -0.3 is 14.0 Å². The molecule has 0 bridgehead atoms. The number of nitrogens with zero attached hydrogens (tertiary/aromatic N) is 8. The van der Waals surface area contributed by atoms with E-state index in [9.17, 15) is 13.2 Å². The third kappa shape index (κ3) is 6.97. The van der Waals surface area contributed by atoms with E-state index in [1.165, 1.54) is 10.9 Å². The van der Waals surface area contributed by atoms with Crippen LogP contribution in [0, 0.1) is 0 Å². The molecule has 0 saturated heterocycles. The fourth-order valence-electron chi connectivity index (χ4n) is 5.25. The maximum absolute atomic E-state index is 13.3. The minimum absolute atomic E-state index is 0.240. The third-order valence-corrected chi connectivity index (χ3v) is 9.56. The number of aromatic nitrogens is 8. The van der Waals surface area contributed by atoms with Crippen LogP contribution in [0.15, 0.2) is 43.0 Å². The van der Waals surface area contributed by atoms with E-state index >= 15 is 0 Å². The molecule has 46 heavy (non-hydrogen) atoms. The Balaban J connectivity index is 1.36. The molecule has 0 spiro atoms. The van der Waals surface area contributed by atoms with Gasteiger partial charge in [0.1, 0.15) is 35.5 Å². The van der Waals surface area contributed by atoms with E-state index in [-0.39, 0.29) is 12.6 Å². The highest BCUT2D eigenvalue weighted by Gasteiger charge is 2.35. The number of rotatable bonds is 12. The Bertz CT molecular complexity index is 1840. The molecule has 1 aromatic carbocycles. The number of imidazole rings is 1. The maximum Gasteiger partial charge on any atom is 0.434 e. The van der Waals surface area contributed by atoms with Crippen LogP contribution in [0.2, 0.25) is 25.7 Å². The first kappa shape index (κ1) is 31.8. The van der Waals surface area contributed by atoms with Crippen LogP contribution in [-0.4, -0.2) is 60.6 Å². The normalized spacial score (nSPS) is 13.9. The van der Waals surface area contributed by atoms with Crippen molar-refractivity contribution in [1.29, 1.82) is 0 Å². The predicted octanol–water partition coefficient (Wildman–Crippen LogP) is 6.88. The van der Waals surface area contributed by atoms with Gasteiger partial charge in [-0.3, -0.25) is 0 Å². The highest BCUT2D eigenvalue weighted by molar-refractivity contribution is 6.76. The van der Waals surface area contributed by atoms with Gasteiger partial charge in [0, 0.05) is 45.8 Å². The lowest BCUT2D eigenvalue weighted by atomic mass is 10.1. The Morgan fingerprint density at radius 3 is 2.43 bits per heavy atom. The van der Waals surface area contributed by atoms with Crippen LogP contribution in [0.5, 0.6) is 5.88 Å². The van der Waals surface area contributed by atoms with Crippen molar-refractivity contribution in [2.75, 3.05) is 13.2 Å². The number of hydrogen-bond acceptors (Lipinski definition) is 8. The minimum Gasteiger partial charge on any atom is -0.477 e. The standard InChI is InChI=1S/C32H37F3N8O2Si/c1-6-45-31-26(27(21-11-12-21)37-18-38-31)29-36-16-23-28(40-29)24(43(41-23)19-44-13-14-46(3,4)5)15-20-7-9-22(10-8-20)30-39-25(17-42(30)2)32(33,34)35/h7-10,16-18,21H,6,11-15,19H2,1-5H3. The van der Waals surface area contributed by atoms with Crippen molar-refractivity contribution in [3.63, 3.8) is 0 Å². The number of alkyl halides is 3. The zero-order chi connectivity index (χ0) is 32.6. The largest absolute Gasteiger partial charge is 0.477 e. The molecule has 0 unspecified atom stereocenters. The highest BCUT2D eigenvalue weighted by atomic mass is 28.3. The number of ether oxygens (including phenoxy) is 2. The summed E-state index contributed by atoms with van der Waals surface area (Å²) in [5, 5.41) is 4.80. The van der Waals surface area contributed by atoms with E-state index in [1.807, 2.05) is 23.7 Å². The van der Waals surface area contributed by atoms with Crippen molar-refractivity contribution in [3.05, 3.63) is 65.6 Å². The van der Waals surface area contributed by atoms with Crippen LogP contribution >= 0.6 is 0 Å². The molecule has 5 aromatic rings. The van der Waals surface area contributed by atoms with Gasteiger partial charge in [0.05, 0.1) is 24.2 Å². The summed E-state index contributed by atoms with van der Waals surface area (Å²) in [6.07, 6.45) is 2.27. The molecule has 0 N–H and O–H groups in total. The number of benzene rings is 1. The lowest BCUT2D eigenvalue weighted by molar-refractivity contribution is -0.140. The van der Waals surface area contributed by atoms with E-state index in [4.69, 9.17) is 19.6 Å². The molecule has 1 saturated carbocycles. The molecule has 4 heterocycles. The molecule has 14 heteroatoms. The Morgan fingerprint density at radius 2 is 1.78 bits per heavy atom. The summed E-state index contributed by atoms with van der Waals surface area (Å²) in [6.45, 7) is 10.1. The molecular weight excluding hydrogens is 613 g/mol. The summed E-state index contributed by atoms with van der Waals surface area (Å²) in [5.74, 6) is 1.50. The fraction of sp³-hybridized carbons (Fsp3) is 0.438. The molecule has 0 aliphatic heterocycles. The summed E-state index contributed by atoms with van der Waals surface area (Å²) in [4.78, 5) is 22.5. The van der Waals surface area contributed by atoms with Crippen LogP contribution in [0.25, 0.3) is 33.8 Å². The molecule has 0 atom stereocenters. The molecule has 0 radical (unpaired) electrons. The SMILES string of the molecule is CCOc1ncnc(C2CC2)c1-c1ncc2nn(COCC[Si](C)(C)C)c(Cc3ccc(-c4nc(C(F)(F)F)cn4C)cc3)c2n1. The van der Waals surface area contributed by atoms with Gasteiger partial charge in [0.25, 0.3) is 0 Å². The second-order valence-electron chi connectivity index (χ2n) is 12.8. The zero-order valence-corrected chi connectivity index (χ0v) is 27.6. The first-order valence-corrected chi connectivity index (χ1v) is 19.1. The van der Waals surface area contributed by atoms with Gasteiger partial charge in [-0.2, -0.15) is 18.3 Å². The molecule has 6 rings (SSSR count). The van der Waals surface area contributed by atoms with Crippen LogP contribution < -0.4 is 4.74 Å². The van der Waals surface area contributed by atoms with Gasteiger partial charge >= 0.3 is 6.18 Å². The minimum atomic E-state index is -4.51. The second kappa shape index (κ2) is 12.6. The first-order chi connectivity index (χ1) is 21.9. The molecule has 0 amide bonds. The van der Waals surface area contributed by atoms with E-state index in [0.717, 1.165) is 42.0 Å². The van der Waals surface area contributed by atoms with Crippen LogP contribution in [-0.2, 0) is 31.1 Å². The van der Waals surface area contributed by atoms with Crippen molar-refractivity contribution in [2.24, 2.45) is 7.05 Å². The summed E-state index contributed by atoms with van der Waals surface area (Å²) in [5.41, 5.74) is 4.32. The Hall–Kier alpha value is -4.17. The van der Waals surface area contributed by atoms with E-state index in [0.29, 0.717) is 59.4 Å². The average Bonchev–Trinajstić information content (AvgIpc) is 3.69. The van der Waals surface area contributed by atoms with E-state index < -0.39 is 19.9 Å². The predicted molar refractivity (Wildman–Crippen MR) is 170 cm³/mol. The molecule has 10 nitrogen and oxygen atoms in total. The van der Waals surface area contributed by atoms with E-state index in [2.05, 4.69) is 39.6 Å². The molecular formula is C32H37F3N8O2Si. The van der Waals surface area contributed by atoms with Crippen molar-refractivity contribution in [3.8, 4) is 28.7 Å². The summed E-state index contributed by atoms with van der Waals surface area (Å²) < 4.78 is 54.9. The lowest BCUT2D eigenvalue weighted by Gasteiger charge is -2.16. The summed E-state index contributed by atoms with van der Waals surface area (Å²) in [7, 11) is 0.269.